The molecule has 0 aliphatic carbocycles. The largest absolute Gasteiger partial charge is 0.355 e. The average molecular weight is 456 g/mol. The van der Waals surface area contributed by atoms with Crippen LogP contribution in [-0.2, 0) is 4.79 Å². The number of fused-ring (bicyclic) bond motifs is 1. The maximum Gasteiger partial charge on any atom is 0.268 e. The molecule has 8 heteroatoms. The summed E-state index contributed by atoms with van der Waals surface area (Å²) in [5.41, 5.74) is 1.56. The predicted octanol–water partition coefficient (Wildman–Crippen LogP) is 5.18. The summed E-state index contributed by atoms with van der Waals surface area (Å²) in [6.45, 7) is 2.76. The first-order chi connectivity index (χ1) is 14.7. The number of thioether (sulfide) groups is 1. The van der Waals surface area contributed by atoms with Crippen LogP contribution in [0.4, 0.5) is 0 Å². The number of carbonyl (C=O) groups is 1. The number of unbranched alkanes of at least 4 members (excludes halogenated alkanes) is 1. The van der Waals surface area contributed by atoms with Gasteiger partial charge in [-0.15, -0.1) is 22.7 Å². The monoisotopic (exact) mass is 455 g/mol. The van der Waals surface area contributed by atoms with Crippen LogP contribution >= 0.6 is 34.4 Å². The highest BCUT2D eigenvalue weighted by molar-refractivity contribution is 7.99. The van der Waals surface area contributed by atoms with Crippen molar-refractivity contribution in [1.29, 1.82) is 0 Å². The molecule has 4 rings (SSSR count). The number of thiophene rings is 2. The third kappa shape index (κ3) is 4.35. The summed E-state index contributed by atoms with van der Waals surface area (Å²) in [6.07, 6.45) is 1.99. The van der Waals surface area contributed by atoms with Crippen LogP contribution in [0.3, 0.4) is 0 Å². The van der Waals surface area contributed by atoms with Gasteiger partial charge in [0.05, 0.1) is 16.8 Å². The van der Waals surface area contributed by atoms with E-state index in [9.17, 15) is 9.59 Å². The molecule has 0 bridgehead atoms. The molecule has 5 nitrogen and oxygen atoms in total. The van der Waals surface area contributed by atoms with E-state index >= 15 is 0 Å². The van der Waals surface area contributed by atoms with Crippen molar-refractivity contribution in [1.82, 2.24) is 14.9 Å². The summed E-state index contributed by atoms with van der Waals surface area (Å²) in [5.74, 6) is 0.172. The summed E-state index contributed by atoms with van der Waals surface area (Å²) in [6, 6.07) is 13.5. The Kier molecular flexibility index (Phi) is 6.66. The molecular weight excluding hydrogens is 434 g/mol. The zero-order valence-electron chi connectivity index (χ0n) is 16.5. The van der Waals surface area contributed by atoms with E-state index in [1.165, 1.54) is 23.1 Å². The number of nitrogens with zero attached hydrogens (tertiary/aromatic N) is 2. The van der Waals surface area contributed by atoms with Crippen LogP contribution in [-0.4, -0.2) is 27.8 Å². The molecule has 0 aliphatic rings. The van der Waals surface area contributed by atoms with Crippen molar-refractivity contribution >= 4 is 50.6 Å². The van der Waals surface area contributed by atoms with Gasteiger partial charge in [-0.2, -0.15) is 0 Å². The van der Waals surface area contributed by atoms with Crippen LogP contribution in [0.15, 0.2) is 63.2 Å². The lowest BCUT2D eigenvalue weighted by molar-refractivity contribution is -0.118. The van der Waals surface area contributed by atoms with Crippen molar-refractivity contribution in [3.63, 3.8) is 0 Å². The Labute approximate surface area is 186 Å². The lowest BCUT2D eigenvalue weighted by Crippen LogP contribution is -2.27. The Balaban J connectivity index is 1.76. The van der Waals surface area contributed by atoms with Crippen molar-refractivity contribution in [2.24, 2.45) is 0 Å². The molecule has 1 N–H and O–H groups in total. The van der Waals surface area contributed by atoms with Crippen LogP contribution in [0.2, 0.25) is 0 Å². The van der Waals surface area contributed by atoms with E-state index in [0.717, 1.165) is 29.0 Å². The van der Waals surface area contributed by atoms with Gasteiger partial charge in [0.1, 0.15) is 4.83 Å². The van der Waals surface area contributed by atoms with Crippen LogP contribution in [0, 0.1) is 0 Å². The Morgan fingerprint density at radius 2 is 2.00 bits per heavy atom. The first-order valence-electron chi connectivity index (χ1n) is 9.72. The molecular formula is C22H21N3O2S3. The van der Waals surface area contributed by atoms with Gasteiger partial charge in [-0.3, -0.25) is 14.2 Å². The average Bonchev–Trinajstić information content (AvgIpc) is 3.43. The molecule has 0 atom stereocenters. The van der Waals surface area contributed by atoms with Gasteiger partial charge < -0.3 is 5.32 Å². The predicted molar refractivity (Wildman–Crippen MR) is 127 cm³/mol. The highest BCUT2D eigenvalue weighted by atomic mass is 32.2. The highest BCUT2D eigenvalue weighted by Crippen LogP contribution is 2.35. The molecule has 0 saturated carbocycles. The third-order valence-corrected chi connectivity index (χ3v) is 7.28. The molecule has 3 heterocycles. The first kappa shape index (κ1) is 20.8. The number of hydrogen-bond acceptors (Lipinski definition) is 6. The molecule has 0 spiro atoms. The SMILES string of the molecule is CCCCNC(=O)CSc1nc2scc(-c3cccs3)c2c(=O)n1-c1ccccc1. The minimum absolute atomic E-state index is 0.0483. The number of aromatic nitrogens is 2. The molecule has 1 aromatic carbocycles. The van der Waals surface area contributed by atoms with Crippen molar-refractivity contribution in [2.45, 2.75) is 24.9 Å². The zero-order chi connectivity index (χ0) is 20.9. The number of nitrogens with one attached hydrogen (secondary N) is 1. The van der Waals surface area contributed by atoms with Crippen LogP contribution in [0.25, 0.3) is 26.3 Å². The molecule has 4 aromatic rings. The molecule has 154 valence electrons. The number of rotatable bonds is 8. The van der Waals surface area contributed by atoms with E-state index in [1.807, 2.05) is 53.2 Å². The fourth-order valence-electron chi connectivity index (χ4n) is 3.07. The minimum Gasteiger partial charge on any atom is -0.355 e. The number of benzene rings is 1. The lowest BCUT2D eigenvalue weighted by Gasteiger charge is -2.12. The van der Waals surface area contributed by atoms with Gasteiger partial charge in [-0.25, -0.2) is 4.98 Å². The number of amides is 1. The minimum atomic E-state index is -0.107. The van der Waals surface area contributed by atoms with Crippen LogP contribution in [0.1, 0.15) is 19.8 Å². The van der Waals surface area contributed by atoms with E-state index in [1.54, 1.807) is 15.9 Å². The molecule has 30 heavy (non-hydrogen) atoms. The van der Waals surface area contributed by atoms with Crippen molar-refractivity contribution < 1.29 is 4.79 Å². The van der Waals surface area contributed by atoms with Gasteiger partial charge in [0.15, 0.2) is 5.16 Å². The van der Waals surface area contributed by atoms with Crippen molar-refractivity contribution in [2.75, 3.05) is 12.3 Å². The number of para-hydroxylation sites is 1. The maximum absolute atomic E-state index is 13.6. The van der Waals surface area contributed by atoms with E-state index in [0.29, 0.717) is 21.9 Å². The zero-order valence-corrected chi connectivity index (χ0v) is 18.9. The van der Waals surface area contributed by atoms with Gasteiger partial charge in [0.2, 0.25) is 5.91 Å². The molecule has 1 amide bonds. The van der Waals surface area contributed by atoms with Crippen LogP contribution in [0.5, 0.6) is 0 Å². The Hall–Kier alpha value is -2.42. The molecule has 0 unspecified atom stereocenters. The molecule has 0 fully saturated rings. The maximum atomic E-state index is 13.6. The van der Waals surface area contributed by atoms with Gasteiger partial charge in [-0.05, 0) is 30.0 Å². The van der Waals surface area contributed by atoms with E-state index in [4.69, 9.17) is 4.98 Å². The van der Waals surface area contributed by atoms with Gasteiger partial charge in [-0.1, -0.05) is 49.4 Å². The molecule has 0 aliphatic heterocycles. The lowest BCUT2D eigenvalue weighted by atomic mass is 10.2. The van der Waals surface area contributed by atoms with Crippen molar-refractivity contribution in [3.05, 3.63) is 63.6 Å². The van der Waals surface area contributed by atoms with Gasteiger partial charge in [0, 0.05) is 22.4 Å². The Bertz CT molecular complexity index is 1200. The van der Waals surface area contributed by atoms with E-state index in [2.05, 4.69) is 12.2 Å². The normalized spacial score (nSPS) is 11.1. The van der Waals surface area contributed by atoms with Gasteiger partial charge in [0.25, 0.3) is 5.56 Å². The van der Waals surface area contributed by atoms with E-state index < -0.39 is 0 Å². The number of hydrogen-bond donors (Lipinski definition) is 1. The quantitative estimate of drug-likeness (QED) is 0.226. The van der Waals surface area contributed by atoms with Crippen molar-refractivity contribution in [3.8, 4) is 16.1 Å². The fraction of sp³-hybridized carbons (Fsp3) is 0.227. The second-order valence-corrected chi connectivity index (χ2v) is 9.42. The molecule has 0 saturated heterocycles. The smallest absolute Gasteiger partial charge is 0.268 e. The summed E-state index contributed by atoms with van der Waals surface area (Å²) in [4.78, 5) is 32.3. The summed E-state index contributed by atoms with van der Waals surface area (Å²) in [5, 5.41) is 8.07. The standard InChI is InChI=1S/C22H21N3O2S3/c1-2-3-11-23-18(26)14-30-22-24-20-19(16(13-29-20)17-10-7-12-28-17)21(27)25(22)15-8-5-4-6-9-15/h4-10,12-13H,2-3,11,14H2,1H3,(H,23,26). The second kappa shape index (κ2) is 9.59. The van der Waals surface area contributed by atoms with Gasteiger partial charge >= 0.3 is 0 Å². The summed E-state index contributed by atoms with van der Waals surface area (Å²) in [7, 11) is 0. The van der Waals surface area contributed by atoms with E-state index in [-0.39, 0.29) is 17.2 Å². The Morgan fingerprint density at radius 1 is 1.17 bits per heavy atom. The summed E-state index contributed by atoms with van der Waals surface area (Å²) >= 11 is 4.36. The molecule has 0 radical (unpaired) electrons. The highest BCUT2D eigenvalue weighted by Gasteiger charge is 2.19. The number of carbonyl (C=O) groups excluding carboxylic acids is 1. The fourth-order valence-corrected chi connectivity index (χ4v) is 5.72. The third-order valence-electron chi connectivity index (χ3n) is 4.56. The molecule has 3 aromatic heterocycles. The Morgan fingerprint density at radius 3 is 2.73 bits per heavy atom. The van der Waals surface area contributed by atoms with Crippen LogP contribution < -0.4 is 10.9 Å². The first-order valence-corrected chi connectivity index (χ1v) is 12.5. The summed E-state index contributed by atoms with van der Waals surface area (Å²) < 4.78 is 1.62. The second-order valence-electron chi connectivity index (χ2n) is 6.67. The topological polar surface area (TPSA) is 64.0 Å².